The van der Waals surface area contributed by atoms with Crippen molar-refractivity contribution in [2.75, 3.05) is 5.32 Å². The highest BCUT2D eigenvalue weighted by atomic mass is 19.1. The van der Waals surface area contributed by atoms with E-state index in [2.05, 4.69) is 20.8 Å². The van der Waals surface area contributed by atoms with E-state index in [0.29, 0.717) is 5.56 Å². The molecule has 2 aromatic carbocycles. The lowest BCUT2D eigenvalue weighted by molar-refractivity contribution is 0.0706. The molecule has 0 radical (unpaired) electrons. The van der Waals surface area contributed by atoms with Gasteiger partial charge in [0.05, 0.1) is 17.4 Å². The van der Waals surface area contributed by atoms with Crippen molar-refractivity contribution in [2.45, 2.75) is 6.54 Å². The number of anilines is 1. The molecule has 10 heteroatoms. The molecule has 5 N–H and O–H groups in total. The average Bonchev–Trinajstić information content (AvgIpc) is 3.20. The maximum atomic E-state index is 13.7. The molecule has 0 saturated carbocycles. The van der Waals surface area contributed by atoms with E-state index in [0.717, 1.165) is 6.07 Å². The van der Waals surface area contributed by atoms with Crippen molar-refractivity contribution in [1.82, 2.24) is 21.0 Å². The molecule has 9 nitrogen and oxygen atoms in total. The van der Waals surface area contributed by atoms with Gasteiger partial charge in [0, 0.05) is 12.1 Å². The van der Waals surface area contributed by atoms with Crippen molar-refractivity contribution >= 4 is 23.4 Å². The van der Waals surface area contributed by atoms with Crippen molar-refractivity contribution in [1.29, 1.82) is 0 Å². The third-order valence-electron chi connectivity index (χ3n) is 4.00. The number of nitrogens with zero attached hydrogens (tertiary/aromatic N) is 1. The number of nitrogens with one attached hydrogen (secondary N) is 4. The third-order valence-corrected chi connectivity index (χ3v) is 4.00. The Hall–Kier alpha value is -4.05. The summed E-state index contributed by atoms with van der Waals surface area (Å²) in [6.45, 7) is 0.138. The zero-order chi connectivity index (χ0) is 20.8. The lowest BCUT2D eigenvalue weighted by atomic mass is 10.1. The van der Waals surface area contributed by atoms with Crippen LogP contribution in [0.15, 0.2) is 54.7 Å². The maximum absolute atomic E-state index is 13.7. The number of halogens is 1. The minimum atomic E-state index is -0.712. The molecule has 0 bridgehead atoms. The van der Waals surface area contributed by atoms with Crippen LogP contribution in [0.25, 0.3) is 0 Å². The van der Waals surface area contributed by atoms with E-state index in [4.69, 9.17) is 5.21 Å². The van der Waals surface area contributed by atoms with E-state index in [9.17, 15) is 18.8 Å². The molecule has 3 amide bonds. The number of aromatic amines is 1. The Balaban J connectivity index is 1.64. The molecule has 29 heavy (non-hydrogen) atoms. The van der Waals surface area contributed by atoms with E-state index in [1.807, 2.05) is 0 Å². The molecule has 148 valence electrons. The zero-order valence-corrected chi connectivity index (χ0v) is 14.9. The minimum Gasteiger partial charge on any atom is -0.347 e. The second kappa shape index (κ2) is 8.76. The molecular formula is C19H16FN5O4. The molecule has 0 fully saturated rings. The Bertz CT molecular complexity index is 1050. The molecule has 0 aliphatic heterocycles. The van der Waals surface area contributed by atoms with E-state index < -0.39 is 23.5 Å². The summed E-state index contributed by atoms with van der Waals surface area (Å²) in [6.07, 6.45) is 1.25. The first-order chi connectivity index (χ1) is 14.0. The standard InChI is InChI=1S/C19H16FN5O4/c20-14-4-2-1-3-13(14)18(27)23-15-10-22-24-16(15)19(28)21-9-11-5-7-12(8-6-11)17(26)25-29/h1-8,10,29H,9H2,(H,21,28)(H,22,24)(H,23,27)(H,25,26). The number of amides is 3. The monoisotopic (exact) mass is 397 g/mol. The fourth-order valence-corrected chi connectivity index (χ4v) is 2.50. The average molecular weight is 397 g/mol. The van der Waals surface area contributed by atoms with Crippen LogP contribution in [-0.2, 0) is 6.54 Å². The van der Waals surface area contributed by atoms with Gasteiger partial charge in [-0.05, 0) is 29.8 Å². The number of hydrogen-bond acceptors (Lipinski definition) is 5. The van der Waals surface area contributed by atoms with Gasteiger partial charge in [0.1, 0.15) is 11.5 Å². The number of carbonyl (C=O) groups excluding carboxylic acids is 3. The summed E-state index contributed by atoms with van der Waals surface area (Å²) in [7, 11) is 0. The van der Waals surface area contributed by atoms with Gasteiger partial charge < -0.3 is 10.6 Å². The Morgan fingerprint density at radius 2 is 1.72 bits per heavy atom. The van der Waals surface area contributed by atoms with Crippen LogP contribution in [0.2, 0.25) is 0 Å². The molecule has 3 rings (SSSR count). The van der Waals surface area contributed by atoms with Crippen LogP contribution in [0.1, 0.15) is 36.8 Å². The van der Waals surface area contributed by atoms with Crippen molar-refractivity contribution in [3.8, 4) is 0 Å². The molecule has 0 unspecified atom stereocenters. The Morgan fingerprint density at radius 1 is 1.00 bits per heavy atom. The minimum absolute atomic E-state index is 0.00553. The summed E-state index contributed by atoms with van der Waals surface area (Å²) in [4.78, 5) is 35.9. The summed E-state index contributed by atoms with van der Waals surface area (Å²) in [5.41, 5.74) is 2.43. The van der Waals surface area contributed by atoms with Crippen molar-refractivity contribution < 1.29 is 24.0 Å². The summed E-state index contributed by atoms with van der Waals surface area (Å²) < 4.78 is 13.7. The zero-order valence-electron chi connectivity index (χ0n) is 14.9. The number of aromatic nitrogens is 2. The van der Waals surface area contributed by atoms with E-state index in [1.165, 1.54) is 42.0 Å². The first kappa shape index (κ1) is 19.7. The van der Waals surface area contributed by atoms with Crippen LogP contribution in [0, 0.1) is 5.82 Å². The molecule has 0 spiro atoms. The van der Waals surface area contributed by atoms with Gasteiger partial charge >= 0.3 is 0 Å². The highest BCUT2D eigenvalue weighted by molar-refractivity contribution is 6.08. The summed E-state index contributed by atoms with van der Waals surface area (Å²) in [5, 5.41) is 19.9. The molecule has 0 atom stereocenters. The van der Waals surface area contributed by atoms with Crippen LogP contribution < -0.4 is 16.1 Å². The Morgan fingerprint density at radius 3 is 2.41 bits per heavy atom. The van der Waals surface area contributed by atoms with Gasteiger partial charge in [0.2, 0.25) is 0 Å². The fourth-order valence-electron chi connectivity index (χ4n) is 2.50. The molecule has 1 aromatic heterocycles. The van der Waals surface area contributed by atoms with Crippen LogP contribution >= 0.6 is 0 Å². The number of carbonyl (C=O) groups is 3. The van der Waals surface area contributed by atoms with Crippen LogP contribution in [0.4, 0.5) is 10.1 Å². The number of benzene rings is 2. The first-order valence-electron chi connectivity index (χ1n) is 8.40. The van der Waals surface area contributed by atoms with Crippen LogP contribution in [-0.4, -0.2) is 33.1 Å². The van der Waals surface area contributed by atoms with E-state index in [1.54, 1.807) is 12.1 Å². The number of rotatable bonds is 6. The highest BCUT2D eigenvalue weighted by Gasteiger charge is 2.18. The van der Waals surface area contributed by atoms with Crippen LogP contribution in [0.5, 0.6) is 0 Å². The topological polar surface area (TPSA) is 136 Å². The van der Waals surface area contributed by atoms with Crippen molar-refractivity contribution in [3.63, 3.8) is 0 Å². The predicted octanol–water partition coefficient (Wildman–Crippen LogP) is 1.85. The van der Waals surface area contributed by atoms with Gasteiger partial charge in [0.15, 0.2) is 0 Å². The first-order valence-corrected chi connectivity index (χ1v) is 8.40. The lowest BCUT2D eigenvalue weighted by Crippen LogP contribution is -2.25. The molecule has 1 heterocycles. The Kier molecular flexibility index (Phi) is 5.95. The smallest absolute Gasteiger partial charge is 0.274 e. The van der Waals surface area contributed by atoms with Gasteiger partial charge in [-0.3, -0.25) is 24.7 Å². The third kappa shape index (κ3) is 4.62. The normalized spacial score (nSPS) is 10.3. The van der Waals surface area contributed by atoms with Gasteiger partial charge in [-0.2, -0.15) is 5.10 Å². The molecular weight excluding hydrogens is 381 g/mol. The van der Waals surface area contributed by atoms with Gasteiger partial charge in [0.25, 0.3) is 17.7 Å². The second-order valence-corrected chi connectivity index (χ2v) is 5.91. The SMILES string of the molecule is O=C(NO)c1ccc(CNC(=O)c2[nH]ncc2NC(=O)c2ccccc2F)cc1. The number of hydroxylamine groups is 1. The van der Waals surface area contributed by atoms with Crippen molar-refractivity contribution in [3.05, 3.63) is 82.9 Å². The molecule has 0 aliphatic rings. The van der Waals surface area contributed by atoms with E-state index >= 15 is 0 Å². The number of hydrogen-bond donors (Lipinski definition) is 5. The predicted molar refractivity (Wildman–Crippen MR) is 99.8 cm³/mol. The van der Waals surface area contributed by atoms with E-state index in [-0.39, 0.29) is 29.1 Å². The van der Waals surface area contributed by atoms with Gasteiger partial charge in [-0.15, -0.1) is 0 Å². The summed E-state index contributed by atoms with van der Waals surface area (Å²) in [5.74, 6) is -2.58. The Labute approximate surface area is 163 Å². The highest BCUT2D eigenvalue weighted by Crippen LogP contribution is 2.15. The van der Waals surface area contributed by atoms with Gasteiger partial charge in [-0.1, -0.05) is 24.3 Å². The molecule has 3 aromatic rings. The quantitative estimate of drug-likeness (QED) is 0.319. The fraction of sp³-hybridized carbons (Fsp3) is 0.0526. The van der Waals surface area contributed by atoms with Gasteiger partial charge in [-0.25, -0.2) is 9.87 Å². The maximum Gasteiger partial charge on any atom is 0.274 e. The summed E-state index contributed by atoms with van der Waals surface area (Å²) >= 11 is 0. The molecule has 0 aliphatic carbocycles. The number of H-pyrrole nitrogens is 1. The second-order valence-electron chi connectivity index (χ2n) is 5.91. The summed E-state index contributed by atoms with van der Waals surface area (Å²) in [6, 6.07) is 11.7. The largest absolute Gasteiger partial charge is 0.347 e. The molecule has 0 saturated heterocycles. The van der Waals surface area contributed by atoms with Crippen molar-refractivity contribution in [2.24, 2.45) is 0 Å². The lowest BCUT2D eigenvalue weighted by Gasteiger charge is -2.08. The van der Waals surface area contributed by atoms with Crippen LogP contribution in [0.3, 0.4) is 0 Å².